The van der Waals surface area contributed by atoms with Crippen molar-refractivity contribution in [3.05, 3.63) is 29.8 Å². The van der Waals surface area contributed by atoms with Gasteiger partial charge in [0.2, 0.25) is 0 Å². The van der Waals surface area contributed by atoms with Crippen LogP contribution in [0.4, 0.5) is 5.69 Å². The molecular formula is C14H22N2O. The first kappa shape index (κ1) is 12.4. The van der Waals surface area contributed by atoms with Gasteiger partial charge >= 0.3 is 0 Å². The summed E-state index contributed by atoms with van der Waals surface area (Å²) in [6, 6.07) is 8.64. The Hall–Kier alpha value is -1.06. The first-order valence-electron chi connectivity index (χ1n) is 6.31. The summed E-state index contributed by atoms with van der Waals surface area (Å²) in [5, 5.41) is 0. The Labute approximate surface area is 104 Å². The molecule has 1 aliphatic heterocycles. The highest BCUT2D eigenvalue weighted by molar-refractivity contribution is 5.46. The maximum absolute atomic E-state index is 5.89. The summed E-state index contributed by atoms with van der Waals surface area (Å²) < 4.78 is 5.75. The molecule has 1 heterocycles. The lowest BCUT2D eigenvalue weighted by Crippen LogP contribution is -2.25. The van der Waals surface area contributed by atoms with Gasteiger partial charge in [0.25, 0.3) is 0 Å². The molecule has 0 aromatic heterocycles. The van der Waals surface area contributed by atoms with Gasteiger partial charge in [-0.25, -0.2) is 0 Å². The molecule has 0 aliphatic carbocycles. The van der Waals surface area contributed by atoms with Crippen LogP contribution in [0, 0.1) is 0 Å². The summed E-state index contributed by atoms with van der Waals surface area (Å²) >= 11 is 0. The SMILES string of the molecule is CN(C)c1ccc(C(CN)C2CCCO2)cc1. The van der Waals surface area contributed by atoms with E-state index in [4.69, 9.17) is 10.5 Å². The Morgan fingerprint density at radius 3 is 2.53 bits per heavy atom. The molecular weight excluding hydrogens is 212 g/mol. The predicted octanol–water partition coefficient (Wildman–Crippen LogP) is 1.97. The van der Waals surface area contributed by atoms with Crippen LogP contribution >= 0.6 is 0 Å². The Morgan fingerprint density at radius 2 is 2.06 bits per heavy atom. The molecule has 3 heteroatoms. The minimum atomic E-state index is 0.310. The van der Waals surface area contributed by atoms with Crippen LogP contribution in [0.1, 0.15) is 24.3 Å². The van der Waals surface area contributed by atoms with E-state index < -0.39 is 0 Å². The van der Waals surface area contributed by atoms with E-state index >= 15 is 0 Å². The number of hydrogen-bond donors (Lipinski definition) is 1. The molecule has 0 spiro atoms. The number of rotatable bonds is 4. The van der Waals surface area contributed by atoms with Crippen molar-refractivity contribution < 1.29 is 4.74 Å². The number of ether oxygens (including phenoxy) is 1. The van der Waals surface area contributed by atoms with Crippen molar-refractivity contribution in [3.8, 4) is 0 Å². The highest BCUT2D eigenvalue weighted by Gasteiger charge is 2.26. The predicted molar refractivity (Wildman–Crippen MR) is 71.5 cm³/mol. The zero-order chi connectivity index (χ0) is 12.3. The summed E-state index contributed by atoms with van der Waals surface area (Å²) in [7, 11) is 4.10. The fourth-order valence-corrected chi connectivity index (χ4v) is 2.44. The van der Waals surface area contributed by atoms with Crippen molar-refractivity contribution in [1.29, 1.82) is 0 Å². The summed E-state index contributed by atoms with van der Waals surface area (Å²) in [5.74, 6) is 0.341. The highest BCUT2D eigenvalue weighted by atomic mass is 16.5. The van der Waals surface area contributed by atoms with Crippen molar-refractivity contribution >= 4 is 5.69 Å². The van der Waals surface area contributed by atoms with Crippen LogP contribution in [0.3, 0.4) is 0 Å². The normalized spacial score (nSPS) is 21.5. The molecule has 1 aromatic carbocycles. The molecule has 2 atom stereocenters. The number of nitrogens with zero attached hydrogens (tertiary/aromatic N) is 1. The van der Waals surface area contributed by atoms with E-state index in [1.54, 1.807) is 0 Å². The molecule has 0 bridgehead atoms. The van der Waals surface area contributed by atoms with Gasteiger partial charge < -0.3 is 15.4 Å². The van der Waals surface area contributed by atoms with E-state index in [1.165, 1.54) is 11.3 Å². The topological polar surface area (TPSA) is 38.5 Å². The van der Waals surface area contributed by atoms with Crippen LogP contribution in [-0.4, -0.2) is 33.4 Å². The van der Waals surface area contributed by atoms with Gasteiger partial charge in [0.1, 0.15) is 0 Å². The number of hydrogen-bond acceptors (Lipinski definition) is 3. The summed E-state index contributed by atoms with van der Waals surface area (Å²) in [5.41, 5.74) is 8.41. The quantitative estimate of drug-likeness (QED) is 0.865. The van der Waals surface area contributed by atoms with Gasteiger partial charge in [0.05, 0.1) is 6.10 Å². The summed E-state index contributed by atoms with van der Waals surface area (Å²) in [6.07, 6.45) is 2.61. The van der Waals surface area contributed by atoms with Crippen molar-refractivity contribution in [2.24, 2.45) is 5.73 Å². The third kappa shape index (κ3) is 2.79. The van der Waals surface area contributed by atoms with Crippen LogP contribution in [0.2, 0.25) is 0 Å². The smallest absolute Gasteiger partial charge is 0.0656 e. The number of benzene rings is 1. The van der Waals surface area contributed by atoms with Crippen molar-refractivity contribution in [1.82, 2.24) is 0 Å². The van der Waals surface area contributed by atoms with Gasteiger partial charge in [-0.2, -0.15) is 0 Å². The monoisotopic (exact) mass is 234 g/mol. The minimum Gasteiger partial charge on any atom is -0.378 e. The largest absolute Gasteiger partial charge is 0.378 e. The van der Waals surface area contributed by atoms with E-state index in [2.05, 4.69) is 43.3 Å². The van der Waals surface area contributed by atoms with Crippen LogP contribution in [0.5, 0.6) is 0 Å². The molecule has 0 amide bonds. The summed E-state index contributed by atoms with van der Waals surface area (Å²) in [4.78, 5) is 2.10. The lowest BCUT2D eigenvalue weighted by molar-refractivity contribution is 0.0905. The highest BCUT2D eigenvalue weighted by Crippen LogP contribution is 2.29. The lowest BCUT2D eigenvalue weighted by atomic mass is 9.91. The Kier molecular flexibility index (Phi) is 4.02. The fraction of sp³-hybridized carbons (Fsp3) is 0.571. The molecule has 2 unspecified atom stereocenters. The van der Waals surface area contributed by atoms with Gasteiger partial charge in [-0.1, -0.05) is 12.1 Å². The molecule has 1 saturated heterocycles. The molecule has 0 radical (unpaired) electrons. The molecule has 2 rings (SSSR count). The number of nitrogens with two attached hydrogens (primary N) is 1. The van der Waals surface area contributed by atoms with Gasteiger partial charge in [0, 0.05) is 38.9 Å². The van der Waals surface area contributed by atoms with Gasteiger partial charge in [0.15, 0.2) is 0 Å². The average Bonchev–Trinajstić information content (AvgIpc) is 2.84. The van der Waals surface area contributed by atoms with E-state index in [0.29, 0.717) is 18.6 Å². The fourth-order valence-electron chi connectivity index (χ4n) is 2.44. The van der Waals surface area contributed by atoms with E-state index in [9.17, 15) is 0 Å². The zero-order valence-corrected chi connectivity index (χ0v) is 10.7. The van der Waals surface area contributed by atoms with Crippen LogP contribution < -0.4 is 10.6 Å². The molecule has 2 N–H and O–H groups in total. The second kappa shape index (κ2) is 5.52. The molecule has 0 saturated carbocycles. The Morgan fingerprint density at radius 1 is 1.35 bits per heavy atom. The third-order valence-corrected chi connectivity index (χ3v) is 3.51. The average molecular weight is 234 g/mol. The molecule has 1 fully saturated rings. The standard InChI is InChI=1S/C14H22N2O/c1-16(2)12-7-5-11(6-8-12)13(10-15)14-4-3-9-17-14/h5-8,13-14H,3-4,9-10,15H2,1-2H3. The first-order valence-corrected chi connectivity index (χ1v) is 6.31. The molecule has 1 aliphatic rings. The molecule has 17 heavy (non-hydrogen) atoms. The minimum absolute atomic E-state index is 0.310. The maximum atomic E-state index is 5.89. The van der Waals surface area contributed by atoms with Crippen LogP contribution in [0.15, 0.2) is 24.3 Å². The molecule has 3 nitrogen and oxygen atoms in total. The second-order valence-corrected chi connectivity index (χ2v) is 4.88. The van der Waals surface area contributed by atoms with E-state index in [0.717, 1.165) is 19.4 Å². The molecule has 1 aromatic rings. The molecule has 94 valence electrons. The third-order valence-electron chi connectivity index (χ3n) is 3.51. The van der Waals surface area contributed by atoms with Gasteiger partial charge in [-0.15, -0.1) is 0 Å². The second-order valence-electron chi connectivity index (χ2n) is 4.88. The zero-order valence-electron chi connectivity index (χ0n) is 10.7. The lowest BCUT2D eigenvalue weighted by Gasteiger charge is -2.22. The number of anilines is 1. The van der Waals surface area contributed by atoms with Crippen LogP contribution in [0.25, 0.3) is 0 Å². The Bertz CT molecular complexity index is 342. The Balaban J connectivity index is 2.13. The van der Waals surface area contributed by atoms with Crippen LogP contribution in [-0.2, 0) is 4.74 Å². The van der Waals surface area contributed by atoms with Crippen molar-refractivity contribution in [3.63, 3.8) is 0 Å². The van der Waals surface area contributed by atoms with Gasteiger partial charge in [-0.3, -0.25) is 0 Å². The van der Waals surface area contributed by atoms with E-state index in [-0.39, 0.29) is 0 Å². The summed E-state index contributed by atoms with van der Waals surface area (Å²) in [6.45, 7) is 1.54. The van der Waals surface area contributed by atoms with Crippen molar-refractivity contribution in [2.75, 3.05) is 32.1 Å². The van der Waals surface area contributed by atoms with Gasteiger partial charge in [-0.05, 0) is 30.5 Å². The first-order chi connectivity index (χ1) is 8.22. The van der Waals surface area contributed by atoms with E-state index in [1.807, 2.05) is 0 Å². The maximum Gasteiger partial charge on any atom is 0.0656 e. The van der Waals surface area contributed by atoms with Crippen molar-refractivity contribution in [2.45, 2.75) is 24.9 Å².